The Morgan fingerprint density at radius 1 is 1.19 bits per heavy atom. The number of benzene rings is 2. The third-order valence-electron chi connectivity index (χ3n) is 5.82. The molecular formula is C28H24BrClN2O4S. The van der Waals surface area contributed by atoms with Crippen molar-refractivity contribution in [1.29, 1.82) is 5.26 Å². The van der Waals surface area contributed by atoms with Crippen LogP contribution in [0, 0.1) is 11.3 Å². The molecule has 0 bridgehead atoms. The van der Waals surface area contributed by atoms with Crippen LogP contribution < -0.4 is 10.1 Å². The molecule has 6 nitrogen and oxygen atoms in total. The third-order valence-corrected chi connectivity index (χ3v) is 7.90. The predicted molar refractivity (Wildman–Crippen MR) is 149 cm³/mol. The molecule has 1 heterocycles. The Balaban J connectivity index is 1.50. The number of nitriles is 1. The van der Waals surface area contributed by atoms with Gasteiger partial charge in [0.2, 0.25) is 0 Å². The number of fused-ring (bicyclic) bond motifs is 1. The summed E-state index contributed by atoms with van der Waals surface area (Å²) in [5, 5.41) is 13.6. The molecule has 0 aliphatic heterocycles. The van der Waals surface area contributed by atoms with Gasteiger partial charge in [-0.2, -0.15) is 5.26 Å². The first-order valence-corrected chi connectivity index (χ1v) is 13.8. The van der Waals surface area contributed by atoms with Gasteiger partial charge in [0, 0.05) is 9.90 Å². The molecule has 0 saturated heterocycles. The normalized spacial score (nSPS) is 12.9. The van der Waals surface area contributed by atoms with Crippen molar-refractivity contribution in [2.24, 2.45) is 0 Å². The number of rotatable bonds is 8. The van der Waals surface area contributed by atoms with E-state index in [2.05, 4.69) is 21.2 Å². The van der Waals surface area contributed by atoms with Gasteiger partial charge in [-0.05, 0) is 95.6 Å². The summed E-state index contributed by atoms with van der Waals surface area (Å²) in [5.74, 6) is -0.401. The van der Waals surface area contributed by atoms with Gasteiger partial charge in [0.25, 0.3) is 5.91 Å². The molecule has 1 N–H and O–H groups in total. The maximum absolute atomic E-state index is 13.0. The molecular weight excluding hydrogens is 576 g/mol. The van der Waals surface area contributed by atoms with E-state index in [-0.39, 0.29) is 12.2 Å². The zero-order valence-electron chi connectivity index (χ0n) is 20.1. The highest BCUT2D eigenvalue weighted by atomic mass is 79.9. The Labute approximate surface area is 233 Å². The molecule has 4 rings (SSSR count). The Morgan fingerprint density at radius 2 is 1.95 bits per heavy atom. The van der Waals surface area contributed by atoms with Crippen LogP contribution in [0.25, 0.3) is 6.08 Å². The number of nitrogens with zero attached hydrogens (tertiary/aromatic N) is 1. The molecule has 3 aromatic rings. The Kier molecular flexibility index (Phi) is 9.04. The summed E-state index contributed by atoms with van der Waals surface area (Å²) in [4.78, 5) is 26.8. The SMILES string of the molecule is CCOC(=O)c1c(NC(=O)C(C#N)=Cc2ccc(OCc3ccc(Cl)cc3)c(Br)c2)sc2c1CCCC2. The van der Waals surface area contributed by atoms with E-state index in [0.29, 0.717) is 38.0 Å². The summed E-state index contributed by atoms with van der Waals surface area (Å²) >= 11 is 10.8. The fourth-order valence-corrected chi connectivity index (χ4v) is 5.93. The lowest BCUT2D eigenvalue weighted by Gasteiger charge is -2.12. The number of halogens is 2. The summed E-state index contributed by atoms with van der Waals surface area (Å²) in [6, 6.07) is 14.7. The van der Waals surface area contributed by atoms with E-state index in [0.717, 1.165) is 41.7 Å². The molecule has 0 unspecified atom stereocenters. The molecule has 1 aliphatic carbocycles. The molecule has 0 atom stereocenters. The maximum atomic E-state index is 13.0. The van der Waals surface area contributed by atoms with E-state index in [1.807, 2.05) is 18.2 Å². The minimum Gasteiger partial charge on any atom is -0.488 e. The number of carbonyl (C=O) groups is 2. The van der Waals surface area contributed by atoms with E-state index in [1.165, 1.54) is 17.4 Å². The monoisotopic (exact) mass is 598 g/mol. The van der Waals surface area contributed by atoms with Crippen molar-refractivity contribution in [3.8, 4) is 11.8 Å². The summed E-state index contributed by atoms with van der Waals surface area (Å²) in [6.07, 6.45) is 5.17. The molecule has 9 heteroatoms. The number of aryl methyl sites for hydroxylation is 1. The minimum absolute atomic E-state index is 0.0806. The van der Waals surface area contributed by atoms with Crippen LogP contribution in [0.3, 0.4) is 0 Å². The fraction of sp³-hybridized carbons (Fsp3) is 0.250. The number of nitrogens with one attached hydrogen (secondary N) is 1. The van der Waals surface area contributed by atoms with Crippen molar-refractivity contribution in [3.05, 3.63) is 84.7 Å². The van der Waals surface area contributed by atoms with Gasteiger partial charge in [-0.25, -0.2) is 4.79 Å². The van der Waals surface area contributed by atoms with Crippen molar-refractivity contribution in [3.63, 3.8) is 0 Å². The highest BCUT2D eigenvalue weighted by molar-refractivity contribution is 9.10. The second-order valence-corrected chi connectivity index (χ2v) is 10.8. The molecule has 1 aromatic heterocycles. The molecule has 1 amide bonds. The summed E-state index contributed by atoms with van der Waals surface area (Å²) in [7, 11) is 0. The van der Waals surface area contributed by atoms with Gasteiger partial charge in [0.15, 0.2) is 0 Å². The van der Waals surface area contributed by atoms with Gasteiger partial charge in [-0.3, -0.25) is 4.79 Å². The quantitative estimate of drug-likeness (QED) is 0.166. The highest BCUT2D eigenvalue weighted by Gasteiger charge is 2.27. The van der Waals surface area contributed by atoms with Crippen LogP contribution in [0.1, 0.15) is 51.7 Å². The van der Waals surface area contributed by atoms with Crippen LogP contribution in [-0.2, 0) is 29.0 Å². The number of anilines is 1. The van der Waals surface area contributed by atoms with Crippen LogP contribution in [0.5, 0.6) is 5.75 Å². The molecule has 0 fully saturated rings. The first-order chi connectivity index (χ1) is 17.9. The second-order valence-electron chi connectivity index (χ2n) is 8.36. The standard InChI is InChI=1S/C28H24BrClN2O4S/c1-2-35-28(34)25-21-5-3-4-6-24(21)37-27(25)32-26(33)19(15-31)13-18-9-12-23(22(29)14-18)36-16-17-7-10-20(30)11-8-17/h7-14H,2-6,16H2,1H3,(H,32,33). The van der Waals surface area contributed by atoms with Crippen LogP contribution in [0.4, 0.5) is 5.00 Å². The van der Waals surface area contributed by atoms with Gasteiger partial charge in [0.1, 0.15) is 29.0 Å². The highest BCUT2D eigenvalue weighted by Crippen LogP contribution is 2.39. The van der Waals surface area contributed by atoms with Crippen LogP contribution in [0.15, 0.2) is 52.5 Å². The van der Waals surface area contributed by atoms with Gasteiger partial charge < -0.3 is 14.8 Å². The van der Waals surface area contributed by atoms with E-state index in [9.17, 15) is 14.9 Å². The number of thiophene rings is 1. The number of ether oxygens (including phenoxy) is 2. The number of esters is 1. The van der Waals surface area contributed by atoms with Gasteiger partial charge in [-0.1, -0.05) is 29.8 Å². The number of hydrogen-bond donors (Lipinski definition) is 1. The lowest BCUT2D eigenvalue weighted by molar-refractivity contribution is -0.112. The molecule has 1 aliphatic rings. The molecule has 0 spiro atoms. The summed E-state index contributed by atoms with van der Waals surface area (Å²) in [5.41, 5.74) is 2.90. The fourth-order valence-electron chi connectivity index (χ4n) is 4.02. The van der Waals surface area contributed by atoms with E-state index < -0.39 is 11.9 Å². The van der Waals surface area contributed by atoms with Crippen molar-refractivity contribution < 1.29 is 19.1 Å². The van der Waals surface area contributed by atoms with Gasteiger partial charge in [0.05, 0.1) is 16.6 Å². The summed E-state index contributed by atoms with van der Waals surface area (Å²) in [6.45, 7) is 2.36. The smallest absolute Gasteiger partial charge is 0.341 e. The third kappa shape index (κ3) is 6.61. The second kappa shape index (κ2) is 12.4. The van der Waals surface area contributed by atoms with E-state index >= 15 is 0 Å². The minimum atomic E-state index is -0.578. The van der Waals surface area contributed by atoms with Crippen molar-refractivity contribution in [1.82, 2.24) is 0 Å². The molecule has 0 saturated carbocycles. The average Bonchev–Trinajstić information content (AvgIpc) is 3.25. The Hall–Kier alpha value is -3.12. The van der Waals surface area contributed by atoms with Crippen molar-refractivity contribution >= 4 is 61.8 Å². The summed E-state index contributed by atoms with van der Waals surface area (Å²) < 4.78 is 11.8. The van der Waals surface area contributed by atoms with Gasteiger partial charge in [-0.15, -0.1) is 11.3 Å². The largest absolute Gasteiger partial charge is 0.488 e. The average molecular weight is 600 g/mol. The zero-order chi connectivity index (χ0) is 26.4. The maximum Gasteiger partial charge on any atom is 0.341 e. The van der Waals surface area contributed by atoms with Crippen molar-refractivity contribution in [2.75, 3.05) is 11.9 Å². The predicted octanol–water partition coefficient (Wildman–Crippen LogP) is 7.34. The number of carbonyl (C=O) groups excluding carboxylic acids is 2. The van der Waals surface area contributed by atoms with Crippen LogP contribution in [0.2, 0.25) is 5.02 Å². The van der Waals surface area contributed by atoms with E-state index in [1.54, 1.807) is 37.3 Å². The van der Waals surface area contributed by atoms with Crippen LogP contribution >= 0.6 is 38.9 Å². The van der Waals surface area contributed by atoms with E-state index in [4.69, 9.17) is 21.1 Å². The lowest BCUT2D eigenvalue weighted by atomic mass is 9.95. The van der Waals surface area contributed by atoms with Gasteiger partial charge >= 0.3 is 5.97 Å². The molecule has 2 aromatic carbocycles. The number of amides is 1. The Morgan fingerprint density at radius 3 is 2.65 bits per heavy atom. The number of hydrogen-bond acceptors (Lipinski definition) is 6. The lowest BCUT2D eigenvalue weighted by Crippen LogP contribution is -2.16. The molecule has 37 heavy (non-hydrogen) atoms. The topological polar surface area (TPSA) is 88.4 Å². The zero-order valence-corrected chi connectivity index (χ0v) is 23.3. The first-order valence-electron chi connectivity index (χ1n) is 11.8. The molecule has 190 valence electrons. The van der Waals surface area contributed by atoms with Crippen molar-refractivity contribution in [2.45, 2.75) is 39.2 Å². The first kappa shape index (κ1) is 26.9. The Bertz CT molecular complexity index is 1390. The van der Waals surface area contributed by atoms with Crippen LogP contribution in [-0.4, -0.2) is 18.5 Å². The molecule has 0 radical (unpaired) electrons.